The van der Waals surface area contributed by atoms with Gasteiger partial charge < -0.3 is 10.1 Å². The van der Waals surface area contributed by atoms with Gasteiger partial charge in [0.1, 0.15) is 6.34 Å². The molecule has 4 nitrogen and oxygen atoms in total. The van der Waals surface area contributed by atoms with Crippen LogP contribution in [0.3, 0.4) is 0 Å². The molecule has 5 heteroatoms. The van der Waals surface area contributed by atoms with Crippen LogP contribution in [-0.2, 0) is 4.79 Å². The Bertz CT molecular complexity index is 268. The molecule has 0 saturated carbocycles. The first-order chi connectivity index (χ1) is 8.45. The molecule has 0 aromatic heterocycles. The predicted octanol–water partition coefficient (Wildman–Crippen LogP) is 3.34. The highest BCUT2D eigenvalue weighted by atomic mass is 32.2. The highest BCUT2D eigenvalue weighted by molar-refractivity contribution is 8.01. The molecule has 0 bridgehead atoms. The van der Waals surface area contributed by atoms with Gasteiger partial charge in [-0.1, -0.05) is 37.8 Å². The minimum absolute atomic E-state index is 0.0427. The van der Waals surface area contributed by atoms with Crippen LogP contribution >= 0.6 is 11.8 Å². The third-order valence-corrected chi connectivity index (χ3v) is 4.16. The zero-order chi connectivity index (χ0) is 14.0. The molecular weight excluding hydrogens is 248 g/mol. The quantitative estimate of drug-likeness (QED) is 0.231. The Morgan fingerprint density at radius 1 is 1.33 bits per heavy atom. The Labute approximate surface area is 115 Å². The second-order valence-electron chi connectivity index (χ2n) is 4.92. The van der Waals surface area contributed by atoms with Gasteiger partial charge in [-0.2, -0.15) is 0 Å². The highest BCUT2D eigenvalue weighted by Gasteiger charge is 2.30. The Kier molecular flexibility index (Phi) is 8.89. The van der Waals surface area contributed by atoms with Gasteiger partial charge in [-0.3, -0.25) is 4.79 Å². The first-order valence-corrected chi connectivity index (χ1v) is 7.53. The number of carbonyl (C=O) groups is 1. The number of rotatable bonds is 9. The largest absolute Gasteiger partial charge is 0.410 e. The molecule has 1 N–H and O–H groups in total. The fourth-order valence-electron chi connectivity index (χ4n) is 1.65. The van der Waals surface area contributed by atoms with E-state index < -0.39 is 4.75 Å². The first-order valence-electron chi connectivity index (χ1n) is 6.54. The van der Waals surface area contributed by atoms with Crippen LogP contribution in [0.25, 0.3) is 0 Å². The topological polar surface area (TPSA) is 52.9 Å². The molecule has 0 spiro atoms. The lowest BCUT2D eigenvalue weighted by Crippen LogP contribution is -2.40. The van der Waals surface area contributed by atoms with Crippen LogP contribution in [0.5, 0.6) is 0 Å². The van der Waals surface area contributed by atoms with Crippen molar-refractivity contribution in [3.05, 3.63) is 0 Å². The average Bonchev–Trinajstić information content (AvgIpc) is 2.33. The summed E-state index contributed by atoms with van der Waals surface area (Å²) in [7, 11) is 1.60. The van der Waals surface area contributed by atoms with Crippen LogP contribution in [0.15, 0.2) is 5.16 Å². The van der Waals surface area contributed by atoms with Crippen molar-refractivity contribution in [3.8, 4) is 0 Å². The smallest absolute Gasteiger partial charge is 0.243 e. The molecule has 106 valence electrons. The summed E-state index contributed by atoms with van der Waals surface area (Å²) in [5.41, 5.74) is 0. The number of amides is 1. The lowest BCUT2D eigenvalue weighted by molar-refractivity contribution is -0.127. The van der Waals surface area contributed by atoms with E-state index >= 15 is 0 Å². The van der Waals surface area contributed by atoms with Crippen molar-refractivity contribution in [1.82, 2.24) is 4.90 Å². The lowest BCUT2D eigenvalue weighted by atomic mass is 10.2. The van der Waals surface area contributed by atoms with E-state index in [4.69, 9.17) is 5.21 Å². The zero-order valence-corrected chi connectivity index (χ0v) is 12.8. The Morgan fingerprint density at radius 3 is 2.50 bits per heavy atom. The van der Waals surface area contributed by atoms with Gasteiger partial charge in [0.15, 0.2) is 0 Å². The molecule has 0 atom stereocenters. The number of hydrogen-bond acceptors (Lipinski definition) is 4. The van der Waals surface area contributed by atoms with Crippen molar-refractivity contribution in [2.45, 2.75) is 57.6 Å². The minimum atomic E-state index is -0.472. The fraction of sp³-hybridized carbons (Fsp3) is 0.846. The minimum Gasteiger partial charge on any atom is -0.410 e. The summed E-state index contributed by atoms with van der Waals surface area (Å²) in [5.74, 6) is 0.950. The van der Waals surface area contributed by atoms with Crippen LogP contribution in [0.1, 0.15) is 52.9 Å². The third kappa shape index (κ3) is 6.89. The lowest BCUT2D eigenvalue weighted by Gasteiger charge is -2.26. The van der Waals surface area contributed by atoms with Crippen LogP contribution in [0.2, 0.25) is 0 Å². The molecule has 0 aromatic carbocycles. The van der Waals surface area contributed by atoms with Crippen molar-refractivity contribution >= 4 is 24.0 Å². The van der Waals surface area contributed by atoms with Crippen molar-refractivity contribution in [2.75, 3.05) is 12.8 Å². The summed E-state index contributed by atoms with van der Waals surface area (Å²) >= 11 is 1.66. The predicted molar refractivity (Wildman–Crippen MR) is 78.3 cm³/mol. The first kappa shape index (κ1) is 17.3. The van der Waals surface area contributed by atoms with Crippen LogP contribution < -0.4 is 0 Å². The van der Waals surface area contributed by atoms with E-state index in [9.17, 15) is 4.79 Å². The molecule has 0 radical (unpaired) electrons. The van der Waals surface area contributed by atoms with Crippen LogP contribution in [0, 0.1) is 0 Å². The maximum atomic E-state index is 12.0. The van der Waals surface area contributed by atoms with E-state index in [2.05, 4.69) is 12.1 Å². The van der Waals surface area contributed by atoms with Crippen LogP contribution in [-0.4, -0.2) is 39.9 Å². The van der Waals surface area contributed by atoms with E-state index in [0.29, 0.717) is 0 Å². The molecular formula is C13H26N2O2S. The normalized spacial score (nSPS) is 12.0. The summed E-state index contributed by atoms with van der Waals surface area (Å²) < 4.78 is -0.472. The SMILES string of the molecule is CCCCCCCSC(C)(C)C(=O)N(C)C=NO. The van der Waals surface area contributed by atoms with Gasteiger partial charge in [-0.15, -0.1) is 11.8 Å². The summed E-state index contributed by atoms with van der Waals surface area (Å²) in [6, 6.07) is 0. The molecule has 0 saturated heterocycles. The molecule has 0 heterocycles. The monoisotopic (exact) mass is 274 g/mol. The van der Waals surface area contributed by atoms with Crippen molar-refractivity contribution in [2.24, 2.45) is 5.16 Å². The molecule has 18 heavy (non-hydrogen) atoms. The fourth-order valence-corrected chi connectivity index (χ4v) is 2.78. The summed E-state index contributed by atoms with van der Waals surface area (Å²) in [4.78, 5) is 13.3. The maximum Gasteiger partial charge on any atom is 0.243 e. The van der Waals surface area contributed by atoms with Gasteiger partial charge in [0.2, 0.25) is 5.91 Å². The molecule has 0 rings (SSSR count). The second-order valence-corrected chi connectivity index (χ2v) is 6.64. The average molecular weight is 274 g/mol. The van der Waals surface area contributed by atoms with Crippen molar-refractivity contribution in [1.29, 1.82) is 0 Å². The van der Waals surface area contributed by atoms with E-state index in [1.807, 2.05) is 13.8 Å². The molecule has 1 amide bonds. The number of carbonyl (C=O) groups excluding carboxylic acids is 1. The number of hydrogen-bond donors (Lipinski definition) is 1. The molecule has 0 aliphatic carbocycles. The number of thioether (sulfide) groups is 1. The van der Waals surface area contributed by atoms with Gasteiger partial charge in [0.25, 0.3) is 0 Å². The molecule has 0 aliphatic rings. The van der Waals surface area contributed by atoms with E-state index in [0.717, 1.165) is 18.5 Å². The number of nitrogens with zero attached hydrogens (tertiary/aromatic N) is 2. The van der Waals surface area contributed by atoms with Crippen molar-refractivity contribution in [3.63, 3.8) is 0 Å². The van der Waals surface area contributed by atoms with E-state index in [-0.39, 0.29) is 5.91 Å². The Balaban J connectivity index is 3.95. The Morgan fingerprint density at radius 2 is 1.94 bits per heavy atom. The Hall–Kier alpha value is -0.710. The maximum absolute atomic E-state index is 12.0. The van der Waals surface area contributed by atoms with Crippen LogP contribution in [0.4, 0.5) is 0 Å². The van der Waals surface area contributed by atoms with E-state index in [1.54, 1.807) is 18.8 Å². The second kappa shape index (κ2) is 9.25. The molecule has 0 unspecified atom stereocenters. The van der Waals surface area contributed by atoms with Gasteiger partial charge in [0, 0.05) is 7.05 Å². The molecule has 0 aromatic rings. The third-order valence-electron chi connectivity index (χ3n) is 2.77. The summed E-state index contributed by atoms with van der Waals surface area (Å²) in [5, 5.41) is 11.3. The van der Waals surface area contributed by atoms with Gasteiger partial charge in [-0.25, -0.2) is 0 Å². The van der Waals surface area contributed by atoms with Gasteiger partial charge >= 0.3 is 0 Å². The number of unbranched alkanes of at least 4 members (excludes halogenated alkanes) is 4. The van der Waals surface area contributed by atoms with E-state index in [1.165, 1.54) is 30.6 Å². The summed E-state index contributed by atoms with van der Waals surface area (Å²) in [6.07, 6.45) is 7.34. The standard InChI is InChI=1S/C13H26N2O2S/c1-5-6-7-8-9-10-18-13(2,3)12(16)15(4)11-14-17/h11,17H,5-10H2,1-4H3. The zero-order valence-electron chi connectivity index (χ0n) is 12.0. The molecule has 0 fully saturated rings. The number of oxime groups is 1. The van der Waals surface area contributed by atoms with Crippen molar-refractivity contribution < 1.29 is 10.0 Å². The van der Waals surface area contributed by atoms with Gasteiger partial charge in [-0.05, 0) is 26.0 Å². The van der Waals surface area contributed by atoms with Gasteiger partial charge in [0.05, 0.1) is 4.75 Å². The summed E-state index contributed by atoms with van der Waals surface area (Å²) in [6.45, 7) is 6.02. The highest BCUT2D eigenvalue weighted by Crippen LogP contribution is 2.27. The molecule has 0 aliphatic heterocycles.